The fraction of sp³-hybridized carbons (Fsp3) is 0.278. The molecule has 3 N–H and O–H groups in total. The quantitative estimate of drug-likeness (QED) is 0.799. The molecule has 0 radical (unpaired) electrons. The number of carbonyl (C=O) groups is 1. The van der Waals surface area contributed by atoms with Gasteiger partial charge in [0.1, 0.15) is 5.82 Å². The van der Waals surface area contributed by atoms with E-state index in [1.807, 2.05) is 0 Å². The lowest BCUT2D eigenvalue weighted by Gasteiger charge is -2.15. The van der Waals surface area contributed by atoms with Crippen LogP contribution < -0.4 is 15.8 Å². The summed E-state index contributed by atoms with van der Waals surface area (Å²) < 4.78 is 19.6. The topological polar surface area (TPSA) is 89.6 Å². The van der Waals surface area contributed by atoms with Crippen molar-refractivity contribution in [3.63, 3.8) is 0 Å². The van der Waals surface area contributed by atoms with E-state index in [4.69, 9.17) is 22.1 Å². The van der Waals surface area contributed by atoms with Crippen LogP contribution in [0.2, 0.25) is 5.02 Å². The zero-order chi connectivity index (χ0) is 19.0. The first-order valence-electron chi connectivity index (χ1n) is 8.35. The van der Waals surface area contributed by atoms with Crippen LogP contribution in [0.15, 0.2) is 41.5 Å². The van der Waals surface area contributed by atoms with E-state index in [1.54, 1.807) is 12.1 Å². The van der Waals surface area contributed by atoms with Crippen molar-refractivity contribution in [3.8, 4) is 5.88 Å². The summed E-state index contributed by atoms with van der Waals surface area (Å²) in [6, 6.07) is 7.43. The molecule has 0 unspecified atom stereocenters. The molecule has 2 heterocycles. The molecule has 1 aliphatic carbocycles. The minimum atomic E-state index is -0.730. The molecule has 0 bridgehead atoms. The molecule has 2 aliphatic rings. The fourth-order valence-corrected chi connectivity index (χ4v) is 4.27. The van der Waals surface area contributed by atoms with Gasteiger partial charge in [0, 0.05) is 29.3 Å². The minimum Gasteiger partial charge on any atom is -0.391 e. The lowest BCUT2D eigenvalue weighted by molar-refractivity contribution is 0.213. The van der Waals surface area contributed by atoms with E-state index < -0.39 is 11.6 Å². The van der Waals surface area contributed by atoms with Crippen LogP contribution in [-0.2, 0) is 5.54 Å². The summed E-state index contributed by atoms with van der Waals surface area (Å²) in [5.41, 5.74) is 6.15. The van der Waals surface area contributed by atoms with Gasteiger partial charge >= 0.3 is 6.09 Å². The van der Waals surface area contributed by atoms with Crippen molar-refractivity contribution in [2.45, 2.75) is 18.4 Å². The standard InChI is InChI=1S/C18H16ClFN4O2S/c19-11-1-4-15(22-9-11)26-17(25)23-12-2-3-14(20)13(7-12)18-8-10(18)5-6-27-16(21)24-18/h1-4,7,9-10H,5-6,8H2,(H2,21,24)(H,23,25)/t10-,18+/m1/s1. The van der Waals surface area contributed by atoms with Crippen molar-refractivity contribution in [1.29, 1.82) is 0 Å². The summed E-state index contributed by atoms with van der Waals surface area (Å²) in [7, 11) is 0. The molecule has 0 saturated heterocycles. The molecule has 1 saturated carbocycles. The number of amides is 1. The van der Waals surface area contributed by atoms with Crippen molar-refractivity contribution in [1.82, 2.24) is 4.98 Å². The number of halogens is 2. The Balaban J connectivity index is 1.53. The number of pyridine rings is 1. The first-order valence-corrected chi connectivity index (χ1v) is 9.71. The largest absolute Gasteiger partial charge is 0.418 e. The number of aromatic nitrogens is 1. The van der Waals surface area contributed by atoms with Gasteiger partial charge < -0.3 is 10.5 Å². The summed E-state index contributed by atoms with van der Waals surface area (Å²) in [4.78, 5) is 20.5. The molecular formula is C18H16ClFN4O2S. The molecule has 1 aromatic heterocycles. The van der Waals surface area contributed by atoms with Gasteiger partial charge in [-0.25, -0.2) is 14.2 Å². The highest BCUT2D eigenvalue weighted by Crippen LogP contribution is 2.59. The van der Waals surface area contributed by atoms with Crippen molar-refractivity contribution < 1.29 is 13.9 Å². The first kappa shape index (κ1) is 18.1. The van der Waals surface area contributed by atoms with Crippen LogP contribution in [0.5, 0.6) is 5.88 Å². The normalized spacial score (nSPS) is 23.6. The van der Waals surface area contributed by atoms with E-state index in [9.17, 15) is 9.18 Å². The van der Waals surface area contributed by atoms with Gasteiger partial charge in [0.05, 0.1) is 10.6 Å². The summed E-state index contributed by atoms with van der Waals surface area (Å²) in [5.74, 6) is 0.889. The number of benzene rings is 1. The third-order valence-electron chi connectivity index (χ3n) is 4.68. The van der Waals surface area contributed by atoms with Crippen LogP contribution in [0.1, 0.15) is 18.4 Å². The predicted octanol–water partition coefficient (Wildman–Crippen LogP) is 4.15. The molecule has 0 spiro atoms. The van der Waals surface area contributed by atoms with Gasteiger partial charge in [0.2, 0.25) is 5.88 Å². The second-order valence-corrected chi connectivity index (χ2v) is 7.99. The van der Waals surface area contributed by atoms with Gasteiger partial charge in [-0.2, -0.15) is 0 Å². The summed E-state index contributed by atoms with van der Waals surface area (Å²) >= 11 is 7.24. The van der Waals surface area contributed by atoms with Gasteiger partial charge in [-0.1, -0.05) is 23.4 Å². The molecule has 9 heteroatoms. The van der Waals surface area contributed by atoms with E-state index in [1.165, 1.54) is 36.2 Å². The number of nitrogens with one attached hydrogen (secondary N) is 1. The third-order valence-corrected chi connectivity index (χ3v) is 5.73. The number of aliphatic imine (C=N–C) groups is 1. The minimum absolute atomic E-state index is 0.109. The molecule has 140 valence electrons. The highest BCUT2D eigenvalue weighted by atomic mass is 35.5. The van der Waals surface area contributed by atoms with E-state index in [0.29, 0.717) is 21.4 Å². The Morgan fingerprint density at radius 1 is 1.41 bits per heavy atom. The Hall–Kier alpha value is -2.32. The Morgan fingerprint density at radius 3 is 3.04 bits per heavy atom. The number of carbonyl (C=O) groups excluding carboxylic acids is 1. The van der Waals surface area contributed by atoms with Crippen LogP contribution >= 0.6 is 23.4 Å². The van der Waals surface area contributed by atoms with E-state index in [-0.39, 0.29) is 17.6 Å². The SMILES string of the molecule is NC1=N[C@@]2(c3cc(NC(=O)Oc4ccc(Cl)cn4)ccc3F)C[C@H]2CCS1. The number of fused-ring (bicyclic) bond motifs is 1. The molecule has 6 nitrogen and oxygen atoms in total. The van der Waals surface area contributed by atoms with Crippen molar-refractivity contribution in [2.24, 2.45) is 16.6 Å². The van der Waals surface area contributed by atoms with Gasteiger partial charge in [-0.3, -0.25) is 10.3 Å². The molecule has 27 heavy (non-hydrogen) atoms. The molecule has 1 aliphatic heterocycles. The lowest BCUT2D eigenvalue weighted by atomic mass is 10.0. The van der Waals surface area contributed by atoms with Crippen LogP contribution in [0, 0.1) is 11.7 Å². The third kappa shape index (κ3) is 3.72. The summed E-state index contributed by atoms with van der Waals surface area (Å²) in [5, 5.41) is 3.50. The lowest BCUT2D eigenvalue weighted by Crippen LogP contribution is -2.19. The molecule has 4 rings (SSSR count). The molecule has 1 amide bonds. The van der Waals surface area contributed by atoms with Crippen LogP contribution in [0.4, 0.5) is 14.9 Å². The molecule has 2 atom stereocenters. The molecule has 2 aromatic rings. The zero-order valence-corrected chi connectivity index (χ0v) is 15.7. The van der Waals surface area contributed by atoms with Crippen LogP contribution in [0.3, 0.4) is 0 Å². The van der Waals surface area contributed by atoms with Gasteiger partial charge in [0.25, 0.3) is 0 Å². The fourth-order valence-electron chi connectivity index (χ4n) is 3.32. The van der Waals surface area contributed by atoms with E-state index in [2.05, 4.69) is 15.3 Å². The Labute approximate surface area is 164 Å². The number of amidine groups is 1. The Kier molecular flexibility index (Phi) is 4.69. The van der Waals surface area contributed by atoms with Crippen molar-refractivity contribution in [3.05, 3.63) is 52.9 Å². The second-order valence-electron chi connectivity index (χ2n) is 6.44. The number of thioether (sulfide) groups is 1. The Bertz CT molecular complexity index is 924. The Morgan fingerprint density at radius 2 is 2.26 bits per heavy atom. The second kappa shape index (κ2) is 7.01. The zero-order valence-electron chi connectivity index (χ0n) is 14.1. The molecular weight excluding hydrogens is 391 g/mol. The van der Waals surface area contributed by atoms with E-state index >= 15 is 0 Å². The number of ether oxygens (including phenoxy) is 1. The molecule has 1 fully saturated rings. The monoisotopic (exact) mass is 406 g/mol. The van der Waals surface area contributed by atoms with Crippen LogP contribution in [-0.4, -0.2) is 22.0 Å². The molecule has 1 aromatic carbocycles. The van der Waals surface area contributed by atoms with Crippen molar-refractivity contribution in [2.75, 3.05) is 11.1 Å². The van der Waals surface area contributed by atoms with Crippen LogP contribution in [0.25, 0.3) is 0 Å². The number of nitrogens with two attached hydrogens (primary N) is 1. The van der Waals surface area contributed by atoms with Gasteiger partial charge in [0.15, 0.2) is 5.17 Å². The highest BCUT2D eigenvalue weighted by molar-refractivity contribution is 8.13. The summed E-state index contributed by atoms with van der Waals surface area (Å²) in [6.45, 7) is 0. The maximum Gasteiger partial charge on any atom is 0.418 e. The van der Waals surface area contributed by atoms with Gasteiger partial charge in [-0.05, 0) is 43.0 Å². The van der Waals surface area contributed by atoms with Crippen molar-refractivity contribution >= 4 is 40.3 Å². The number of nitrogens with zero attached hydrogens (tertiary/aromatic N) is 2. The van der Waals surface area contributed by atoms with Gasteiger partial charge in [-0.15, -0.1) is 0 Å². The maximum atomic E-state index is 14.5. The smallest absolute Gasteiger partial charge is 0.391 e. The number of hydrogen-bond acceptors (Lipinski definition) is 6. The number of rotatable bonds is 3. The number of anilines is 1. The average Bonchev–Trinajstić information content (AvgIpc) is 3.33. The summed E-state index contributed by atoms with van der Waals surface area (Å²) in [6.07, 6.45) is 2.33. The average molecular weight is 407 g/mol. The first-order chi connectivity index (χ1) is 13.0. The predicted molar refractivity (Wildman–Crippen MR) is 104 cm³/mol. The van der Waals surface area contributed by atoms with E-state index in [0.717, 1.165) is 18.6 Å². The number of hydrogen-bond donors (Lipinski definition) is 2. The highest BCUT2D eigenvalue weighted by Gasteiger charge is 2.57. The maximum absolute atomic E-state index is 14.5.